The summed E-state index contributed by atoms with van der Waals surface area (Å²) in [6.07, 6.45) is 1.95. The number of benzene rings is 2. The van der Waals surface area contributed by atoms with Crippen molar-refractivity contribution in [2.24, 2.45) is 0 Å². The molecule has 1 aromatic heterocycles. The van der Waals surface area contributed by atoms with Crippen LogP contribution in [-0.4, -0.2) is 49.1 Å². The second kappa shape index (κ2) is 8.47. The van der Waals surface area contributed by atoms with Crippen LogP contribution in [0.3, 0.4) is 0 Å². The predicted octanol–water partition coefficient (Wildman–Crippen LogP) is 3.86. The number of aromatic nitrogens is 2. The number of methoxy groups -OCH3 is 2. The smallest absolute Gasteiger partial charge is 0.231 e. The summed E-state index contributed by atoms with van der Waals surface area (Å²) in [4.78, 5) is 7.09. The molecule has 8 nitrogen and oxygen atoms in total. The van der Waals surface area contributed by atoms with Gasteiger partial charge in [-0.3, -0.25) is 4.90 Å². The van der Waals surface area contributed by atoms with Crippen molar-refractivity contribution >= 4 is 0 Å². The lowest BCUT2D eigenvalue weighted by molar-refractivity contribution is 0.174. The highest BCUT2D eigenvalue weighted by atomic mass is 16.7. The Balaban J connectivity index is 1.21. The van der Waals surface area contributed by atoms with E-state index in [0.717, 1.165) is 55.3 Å². The third kappa shape index (κ3) is 4.16. The maximum atomic E-state index is 5.61. The molecular weight excluding hydrogens is 398 g/mol. The Morgan fingerprint density at radius 1 is 0.968 bits per heavy atom. The van der Waals surface area contributed by atoms with Gasteiger partial charge in [-0.05, 0) is 61.8 Å². The van der Waals surface area contributed by atoms with Crippen molar-refractivity contribution in [2.45, 2.75) is 25.3 Å². The second-order valence-corrected chi connectivity index (χ2v) is 7.80. The van der Waals surface area contributed by atoms with Gasteiger partial charge in [-0.25, -0.2) is 0 Å². The van der Waals surface area contributed by atoms with Gasteiger partial charge < -0.3 is 23.5 Å². The number of ether oxygens (including phenoxy) is 4. The molecule has 2 aliphatic heterocycles. The van der Waals surface area contributed by atoms with Crippen LogP contribution in [0.1, 0.15) is 30.2 Å². The average Bonchev–Trinajstić information content (AvgIpc) is 3.48. The third-order valence-electron chi connectivity index (χ3n) is 5.83. The third-order valence-corrected chi connectivity index (χ3v) is 5.83. The number of rotatable bonds is 6. The summed E-state index contributed by atoms with van der Waals surface area (Å²) in [5.41, 5.74) is 2.04. The molecule has 5 rings (SSSR count). The topological polar surface area (TPSA) is 79.1 Å². The number of nitrogens with zero attached hydrogens (tertiary/aromatic N) is 3. The van der Waals surface area contributed by atoms with Crippen LogP contribution >= 0.6 is 0 Å². The zero-order valence-corrected chi connectivity index (χ0v) is 17.7. The highest BCUT2D eigenvalue weighted by Crippen LogP contribution is 2.36. The van der Waals surface area contributed by atoms with E-state index in [-0.39, 0.29) is 12.7 Å². The van der Waals surface area contributed by atoms with Gasteiger partial charge in [0.1, 0.15) is 11.5 Å². The van der Waals surface area contributed by atoms with Crippen molar-refractivity contribution in [1.82, 2.24) is 15.0 Å². The maximum Gasteiger partial charge on any atom is 0.231 e. The van der Waals surface area contributed by atoms with Gasteiger partial charge in [0.2, 0.25) is 18.5 Å². The Morgan fingerprint density at radius 3 is 2.45 bits per heavy atom. The van der Waals surface area contributed by atoms with E-state index in [1.165, 1.54) is 5.56 Å². The van der Waals surface area contributed by atoms with Crippen LogP contribution in [0.2, 0.25) is 0 Å². The van der Waals surface area contributed by atoms with Crippen LogP contribution in [-0.2, 0) is 6.54 Å². The van der Waals surface area contributed by atoms with Crippen LogP contribution in [0, 0.1) is 0 Å². The molecule has 1 fully saturated rings. The van der Waals surface area contributed by atoms with E-state index in [4.69, 9.17) is 23.5 Å². The predicted molar refractivity (Wildman–Crippen MR) is 113 cm³/mol. The Bertz CT molecular complexity index is 1040. The molecule has 0 amide bonds. The molecule has 0 N–H and O–H groups in total. The largest absolute Gasteiger partial charge is 0.497 e. The van der Waals surface area contributed by atoms with Crippen LogP contribution in [0.15, 0.2) is 40.9 Å². The number of hydrogen-bond acceptors (Lipinski definition) is 8. The second-order valence-electron chi connectivity index (χ2n) is 7.80. The first-order chi connectivity index (χ1) is 15.2. The van der Waals surface area contributed by atoms with E-state index in [0.29, 0.717) is 17.5 Å². The van der Waals surface area contributed by atoms with Gasteiger partial charge in [0, 0.05) is 24.1 Å². The molecular formula is C23H25N3O5. The molecule has 2 aromatic carbocycles. The molecule has 0 unspecified atom stereocenters. The molecule has 2 aliphatic rings. The van der Waals surface area contributed by atoms with Crippen molar-refractivity contribution in [3.63, 3.8) is 0 Å². The van der Waals surface area contributed by atoms with E-state index < -0.39 is 0 Å². The van der Waals surface area contributed by atoms with Crippen molar-refractivity contribution in [3.05, 3.63) is 47.9 Å². The summed E-state index contributed by atoms with van der Waals surface area (Å²) in [5, 5.41) is 4.19. The fraction of sp³-hybridized carbons (Fsp3) is 0.391. The van der Waals surface area contributed by atoms with Crippen molar-refractivity contribution < 1.29 is 23.5 Å². The minimum Gasteiger partial charge on any atom is -0.497 e. The van der Waals surface area contributed by atoms with Crippen molar-refractivity contribution in [2.75, 3.05) is 34.1 Å². The average molecular weight is 423 g/mol. The Hall–Kier alpha value is -3.26. The Morgan fingerprint density at radius 2 is 1.71 bits per heavy atom. The summed E-state index contributed by atoms with van der Waals surface area (Å²) in [7, 11) is 3.35. The maximum absolute atomic E-state index is 5.61. The molecule has 0 radical (unpaired) electrons. The van der Waals surface area contributed by atoms with Gasteiger partial charge in [0.25, 0.3) is 0 Å². The van der Waals surface area contributed by atoms with Crippen LogP contribution in [0.25, 0.3) is 11.4 Å². The quantitative estimate of drug-likeness (QED) is 0.591. The molecule has 162 valence electrons. The number of likely N-dealkylation sites (tertiary alicyclic amines) is 1. The lowest BCUT2D eigenvalue weighted by Crippen LogP contribution is -2.32. The SMILES string of the molecule is COc1cc(CN2CCC(c3nc(-c4ccc5c(c4)OCO5)no3)CC2)cc(OC)c1. The summed E-state index contributed by atoms with van der Waals surface area (Å²) < 4.78 is 27.2. The number of piperidine rings is 1. The molecule has 3 heterocycles. The van der Waals surface area contributed by atoms with Crippen molar-refractivity contribution in [1.29, 1.82) is 0 Å². The lowest BCUT2D eigenvalue weighted by atomic mass is 9.96. The van der Waals surface area contributed by atoms with E-state index in [9.17, 15) is 0 Å². The molecule has 8 heteroatoms. The first-order valence-corrected chi connectivity index (χ1v) is 10.4. The summed E-state index contributed by atoms with van der Waals surface area (Å²) >= 11 is 0. The van der Waals surface area contributed by atoms with Crippen LogP contribution < -0.4 is 18.9 Å². The van der Waals surface area contributed by atoms with Gasteiger partial charge in [0.05, 0.1) is 14.2 Å². The minimum atomic E-state index is 0.247. The van der Waals surface area contributed by atoms with E-state index >= 15 is 0 Å². The first-order valence-electron chi connectivity index (χ1n) is 10.4. The normalized spacial score (nSPS) is 16.5. The summed E-state index contributed by atoms with van der Waals surface area (Å²) in [6.45, 7) is 3.03. The summed E-state index contributed by atoms with van der Waals surface area (Å²) in [5.74, 6) is 4.64. The van der Waals surface area contributed by atoms with E-state index in [2.05, 4.69) is 27.2 Å². The number of hydrogen-bond donors (Lipinski definition) is 0. The van der Waals surface area contributed by atoms with E-state index in [1.54, 1.807) is 14.2 Å². The molecule has 0 bridgehead atoms. The van der Waals surface area contributed by atoms with Gasteiger partial charge >= 0.3 is 0 Å². The van der Waals surface area contributed by atoms with Gasteiger partial charge in [-0.15, -0.1) is 0 Å². The number of fused-ring (bicyclic) bond motifs is 1. The molecule has 0 spiro atoms. The highest BCUT2D eigenvalue weighted by molar-refractivity contribution is 5.61. The van der Waals surface area contributed by atoms with Gasteiger partial charge in [0.15, 0.2) is 11.5 Å². The molecule has 0 atom stereocenters. The zero-order chi connectivity index (χ0) is 21.2. The van der Waals surface area contributed by atoms with E-state index in [1.807, 2.05) is 24.3 Å². The Labute approximate surface area is 180 Å². The highest BCUT2D eigenvalue weighted by Gasteiger charge is 2.26. The van der Waals surface area contributed by atoms with Gasteiger partial charge in [-0.2, -0.15) is 4.98 Å². The lowest BCUT2D eigenvalue weighted by Gasteiger charge is -2.30. The first kappa shape index (κ1) is 19.7. The molecule has 0 saturated carbocycles. The minimum absolute atomic E-state index is 0.247. The fourth-order valence-electron chi connectivity index (χ4n) is 4.11. The monoisotopic (exact) mass is 423 g/mol. The molecule has 3 aromatic rings. The van der Waals surface area contributed by atoms with Crippen molar-refractivity contribution in [3.8, 4) is 34.4 Å². The van der Waals surface area contributed by atoms with Crippen LogP contribution in [0.5, 0.6) is 23.0 Å². The zero-order valence-electron chi connectivity index (χ0n) is 17.7. The standard InChI is InChI=1S/C23H25N3O5/c1-27-18-9-15(10-19(12-18)28-2)13-26-7-5-16(6-8-26)23-24-22(25-31-23)17-3-4-20-21(11-17)30-14-29-20/h3-4,9-12,16H,5-8,13-14H2,1-2H3. The van der Waals surface area contributed by atoms with Gasteiger partial charge in [-0.1, -0.05) is 5.16 Å². The molecule has 0 aliphatic carbocycles. The fourth-order valence-corrected chi connectivity index (χ4v) is 4.11. The van der Waals surface area contributed by atoms with Crippen LogP contribution in [0.4, 0.5) is 0 Å². The summed E-state index contributed by atoms with van der Waals surface area (Å²) in [6, 6.07) is 11.7. The molecule has 31 heavy (non-hydrogen) atoms. The molecule has 1 saturated heterocycles. The Kier molecular flexibility index (Phi) is 5.38.